The first kappa shape index (κ1) is 59.5. The molecule has 0 saturated carbocycles. The van der Waals surface area contributed by atoms with Crippen LogP contribution in [0.2, 0.25) is 0 Å². The number of nitrogens with one attached hydrogen (secondary N) is 3. The minimum absolute atomic E-state index is 0.0926. The molecule has 5 aliphatic heterocycles. The average Bonchev–Trinajstić information content (AvgIpc) is 4.08. The van der Waals surface area contributed by atoms with E-state index in [1.165, 1.54) is 6.92 Å². The molecule has 65 heavy (non-hydrogen) atoms. The van der Waals surface area contributed by atoms with Gasteiger partial charge in [-0.2, -0.15) is 24.4 Å². The SMILES string of the molecule is CC(=O)C(Br)Br.Cc1[nH]c(C2CCOCC2)nc1Br.Cc1cnc(C2CCOCC2)[nH]1.Cc1cnc(C2CCOCC2)[nH]1.N#CC1CCOCC1.O=C=O.O=C=O.O=CC1CCOCC1. The van der Waals surface area contributed by atoms with Crippen LogP contribution in [0, 0.1) is 43.9 Å². The maximum Gasteiger partial charge on any atom is 0.373 e. The summed E-state index contributed by atoms with van der Waals surface area (Å²) in [6.45, 7) is 15.9. The number of imidazole rings is 3. The highest BCUT2D eigenvalue weighted by Gasteiger charge is 2.21. The third kappa shape index (κ3) is 27.6. The summed E-state index contributed by atoms with van der Waals surface area (Å²) in [5.41, 5.74) is 3.41. The number of ketones is 1. The number of ether oxygens (including phenoxy) is 5. The van der Waals surface area contributed by atoms with Crippen LogP contribution in [0.25, 0.3) is 0 Å². The third-order valence-corrected chi connectivity index (χ3v) is 12.3. The van der Waals surface area contributed by atoms with Crippen LogP contribution in [0.3, 0.4) is 0 Å². The summed E-state index contributed by atoms with van der Waals surface area (Å²) in [7, 11) is 0. The van der Waals surface area contributed by atoms with Gasteiger partial charge in [-0.25, -0.2) is 15.0 Å². The number of aryl methyl sites for hydroxylation is 3. The van der Waals surface area contributed by atoms with E-state index in [4.69, 9.17) is 48.1 Å². The van der Waals surface area contributed by atoms with Gasteiger partial charge in [-0.1, -0.05) is 31.9 Å². The molecule has 5 fully saturated rings. The number of nitrogens with zero attached hydrogens (tertiary/aromatic N) is 4. The maximum atomic E-state index is 10.1. The molecule has 0 amide bonds. The molecule has 5 aliphatic rings. The lowest BCUT2D eigenvalue weighted by Crippen LogP contribution is -2.16. The van der Waals surface area contributed by atoms with Crippen LogP contribution in [-0.2, 0) is 52.5 Å². The van der Waals surface area contributed by atoms with Gasteiger partial charge in [0.1, 0.15) is 32.1 Å². The number of carbonyl (C=O) groups is 2. The molecule has 5 saturated heterocycles. The van der Waals surface area contributed by atoms with Crippen molar-refractivity contribution in [2.75, 3.05) is 66.1 Å². The Morgan fingerprint density at radius 1 is 0.646 bits per heavy atom. The summed E-state index contributed by atoms with van der Waals surface area (Å²) in [5.74, 6) is 5.75. The molecule has 21 heteroatoms. The molecule has 0 atom stereocenters. The standard InChI is InChI=1S/C9H13BrN2O.2C9H14N2O.C6H9NO.C6H10O2.C3H4Br2O.2CO2/c1-6-8(10)12-9(11-6)7-2-4-13-5-3-7;2*1-7-6-10-9(11-7)8-2-4-12-5-3-8;2*7-5-6-1-3-8-4-2-6;1-2(6)3(4)5;2*2-1-3/h7H,2-5H2,1H3,(H,11,12);2*6,8H,2-5H2,1H3,(H,10,11);6H,1-4H2;5-6H,1-4H2;3H,1H3;;. The zero-order valence-electron chi connectivity index (χ0n) is 37.8. The van der Waals surface area contributed by atoms with Crippen molar-refractivity contribution >= 4 is 72.2 Å². The quantitative estimate of drug-likeness (QED) is 0.164. The number of nitriles is 1. The van der Waals surface area contributed by atoms with Gasteiger partial charge in [-0.15, -0.1) is 0 Å². The molecule has 8 heterocycles. The second-order valence-electron chi connectivity index (χ2n) is 15.3. The maximum absolute atomic E-state index is 10.1. The van der Waals surface area contributed by atoms with Crippen molar-refractivity contribution in [3.05, 3.63) is 51.6 Å². The van der Waals surface area contributed by atoms with Crippen LogP contribution in [0.5, 0.6) is 0 Å². The molecule has 0 radical (unpaired) electrons. The fourth-order valence-electron chi connectivity index (χ4n) is 6.53. The van der Waals surface area contributed by atoms with Gasteiger partial charge in [0, 0.05) is 119 Å². The van der Waals surface area contributed by atoms with Gasteiger partial charge in [-0.05, 0) is 108 Å². The van der Waals surface area contributed by atoms with E-state index < -0.39 is 0 Å². The number of Topliss-reactive ketones (excluding diaryl/α,β-unsaturated/α-hetero) is 1. The number of hydrogen-bond acceptors (Lipinski definition) is 15. The van der Waals surface area contributed by atoms with Gasteiger partial charge in [0.05, 0.1) is 12.0 Å². The van der Waals surface area contributed by atoms with Crippen LogP contribution >= 0.6 is 47.8 Å². The van der Waals surface area contributed by atoms with Crippen LogP contribution < -0.4 is 0 Å². The number of rotatable bonds is 5. The van der Waals surface area contributed by atoms with Gasteiger partial charge < -0.3 is 43.4 Å². The second kappa shape index (κ2) is 37.5. The van der Waals surface area contributed by atoms with Crippen LogP contribution in [0.4, 0.5) is 0 Å². The number of aromatic amines is 3. The van der Waals surface area contributed by atoms with Crippen molar-refractivity contribution in [2.24, 2.45) is 11.8 Å². The minimum Gasteiger partial charge on any atom is -0.381 e. The molecular weight excluding hydrogens is 1040 g/mol. The Hall–Kier alpha value is -3.54. The second-order valence-corrected chi connectivity index (χ2v) is 19.1. The molecule has 0 aliphatic carbocycles. The molecule has 0 bridgehead atoms. The van der Waals surface area contributed by atoms with Gasteiger partial charge >= 0.3 is 12.3 Å². The van der Waals surface area contributed by atoms with E-state index in [2.05, 4.69) is 83.8 Å². The van der Waals surface area contributed by atoms with Crippen molar-refractivity contribution in [3.63, 3.8) is 0 Å². The summed E-state index contributed by atoms with van der Waals surface area (Å²) in [6, 6.07) is 2.22. The molecule has 362 valence electrons. The Kier molecular flexibility index (Phi) is 34.3. The summed E-state index contributed by atoms with van der Waals surface area (Å²) >= 11 is 9.42. The predicted octanol–water partition coefficient (Wildman–Crippen LogP) is 7.67. The molecular formula is C44H64Br3N7O11. The Morgan fingerprint density at radius 3 is 1.20 bits per heavy atom. The number of alkyl halides is 2. The summed E-state index contributed by atoms with van der Waals surface area (Å²) in [5, 5.41) is 8.39. The van der Waals surface area contributed by atoms with Gasteiger partial charge in [-0.3, -0.25) is 4.79 Å². The molecule has 0 spiro atoms. The molecule has 3 aromatic rings. The Bertz CT molecular complexity index is 1720. The highest BCUT2D eigenvalue weighted by Crippen LogP contribution is 2.27. The number of hydrogen-bond donors (Lipinski definition) is 3. The van der Waals surface area contributed by atoms with Crippen molar-refractivity contribution in [2.45, 2.75) is 113 Å². The first-order chi connectivity index (χ1) is 31.3. The fourth-order valence-corrected chi connectivity index (χ4v) is 6.82. The molecule has 8 rings (SSSR count). The number of aldehydes is 1. The normalized spacial score (nSPS) is 17.8. The topological polar surface area (TPSA) is 258 Å². The molecule has 0 unspecified atom stereocenters. The number of halogens is 3. The first-order valence-electron chi connectivity index (χ1n) is 21.6. The van der Waals surface area contributed by atoms with Crippen LogP contribution in [0.15, 0.2) is 17.0 Å². The molecule has 3 N–H and O–H groups in total. The zero-order valence-corrected chi connectivity index (χ0v) is 42.5. The summed E-state index contributed by atoms with van der Waals surface area (Å²) in [4.78, 5) is 75.6. The van der Waals surface area contributed by atoms with Crippen molar-refractivity contribution in [1.82, 2.24) is 29.9 Å². The van der Waals surface area contributed by atoms with Crippen LogP contribution in [-0.4, -0.2) is 124 Å². The van der Waals surface area contributed by atoms with E-state index in [1.807, 2.05) is 33.2 Å². The van der Waals surface area contributed by atoms with Crippen LogP contribution in [0.1, 0.15) is 123 Å². The Morgan fingerprint density at radius 2 is 0.969 bits per heavy atom. The zero-order chi connectivity index (χ0) is 48.2. The monoisotopic (exact) mass is 1100 g/mol. The Labute approximate surface area is 406 Å². The fraction of sp³-hybridized carbons (Fsp3) is 0.682. The highest BCUT2D eigenvalue weighted by molar-refractivity contribution is 9.25. The average molecular weight is 1110 g/mol. The van der Waals surface area contributed by atoms with E-state index in [1.54, 1.807) is 0 Å². The summed E-state index contributed by atoms with van der Waals surface area (Å²) in [6.07, 6.45) is 15.6. The molecule has 18 nitrogen and oxygen atoms in total. The van der Waals surface area contributed by atoms with E-state index in [9.17, 15) is 9.59 Å². The first-order valence-corrected chi connectivity index (χ1v) is 24.2. The smallest absolute Gasteiger partial charge is 0.373 e. The lowest BCUT2D eigenvalue weighted by Gasteiger charge is -2.19. The minimum atomic E-state index is -0.162. The third-order valence-electron chi connectivity index (χ3n) is 10.3. The largest absolute Gasteiger partial charge is 0.381 e. The summed E-state index contributed by atoms with van der Waals surface area (Å²) < 4.78 is 26.7. The Balaban J connectivity index is 0.000000387. The highest BCUT2D eigenvalue weighted by atomic mass is 79.9. The molecule has 3 aromatic heterocycles. The molecule has 0 aromatic carbocycles. The van der Waals surface area contributed by atoms with Crippen molar-refractivity contribution in [1.29, 1.82) is 5.26 Å². The van der Waals surface area contributed by atoms with Crippen molar-refractivity contribution in [3.8, 4) is 6.07 Å². The number of aromatic nitrogens is 6. The van der Waals surface area contributed by atoms with E-state index in [0.717, 1.165) is 176 Å². The number of carbonyl (C=O) groups excluding carboxylic acids is 6. The number of H-pyrrole nitrogens is 3. The lowest BCUT2D eigenvalue weighted by molar-refractivity contribution is -0.193. The van der Waals surface area contributed by atoms with E-state index in [-0.39, 0.29) is 33.7 Å². The van der Waals surface area contributed by atoms with Gasteiger partial charge in [0.25, 0.3) is 0 Å². The lowest BCUT2D eigenvalue weighted by atomic mass is 10.00. The van der Waals surface area contributed by atoms with E-state index in [0.29, 0.717) is 17.8 Å². The van der Waals surface area contributed by atoms with Gasteiger partial charge in [0.2, 0.25) is 0 Å². The van der Waals surface area contributed by atoms with E-state index >= 15 is 0 Å². The predicted molar refractivity (Wildman–Crippen MR) is 247 cm³/mol. The van der Waals surface area contributed by atoms with Crippen molar-refractivity contribution < 1.29 is 52.5 Å². The van der Waals surface area contributed by atoms with Gasteiger partial charge in [0.15, 0.2) is 5.78 Å².